The fraction of sp³-hybridized carbons (Fsp3) is 0. The van der Waals surface area contributed by atoms with Gasteiger partial charge in [-0.25, -0.2) is 0 Å². The molecule has 0 bridgehead atoms. The zero-order chi connectivity index (χ0) is 10.3. The van der Waals surface area contributed by atoms with Gasteiger partial charge in [0, 0.05) is 0 Å². The molecule has 14 heavy (non-hydrogen) atoms. The van der Waals surface area contributed by atoms with Gasteiger partial charge < -0.3 is 25.0 Å². The molecule has 3 N–H and O–H groups in total. The number of carboxylic acids is 1. The van der Waals surface area contributed by atoms with Crippen molar-refractivity contribution in [2.75, 3.05) is 0 Å². The van der Waals surface area contributed by atoms with Crippen molar-refractivity contribution in [1.29, 1.82) is 0 Å². The van der Waals surface area contributed by atoms with E-state index in [4.69, 9.17) is 15.1 Å². The first-order valence-electron chi connectivity index (χ1n) is 3.34. The SMILES string of the molecule is O=C([O-])c1ccccc1.OB(O)O.[Na+]. The summed E-state index contributed by atoms with van der Waals surface area (Å²) in [4.78, 5) is 10.1. The van der Waals surface area contributed by atoms with Gasteiger partial charge in [0.05, 0.1) is 5.97 Å². The Balaban J connectivity index is 0. The second-order valence-electron chi connectivity index (χ2n) is 2.00. The maximum Gasteiger partial charge on any atom is 1.00 e. The third kappa shape index (κ3) is 9.72. The van der Waals surface area contributed by atoms with Crippen molar-refractivity contribution in [2.24, 2.45) is 0 Å². The maximum absolute atomic E-state index is 10.1. The molecule has 0 spiro atoms. The van der Waals surface area contributed by atoms with Crippen LogP contribution in [-0.4, -0.2) is 28.4 Å². The van der Waals surface area contributed by atoms with Crippen LogP contribution in [0.5, 0.6) is 0 Å². The van der Waals surface area contributed by atoms with Crippen LogP contribution in [0.15, 0.2) is 30.3 Å². The van der Waals surface area contributed by atoms with E-state index in [1.807, 2.05) is 0 Å². The molecule has 0 aromatic heterocycles. The fourth-order valence-corrected chi connectivity index (χ4v) is 0.574. The smallest absolute Gasteiger partial charge is 0.545 e. The van der Waals surface area contributed by atoms with Crippen LogP contribution in [0.2, 0.25) is 0 Å². The number of rotatable bonds is 1. The summed E-state index contributed by atoms with van der Waals surface area (Å²) in [5.41, 5.74) is 0.220. The Kier molecular flexibility index (Phi) is 10.6. The van der Waals surface area contributed by atoms with Crippen LogP contribution in [0.25, 0.3) is 0 Å². The normalized spacial score (nSPS) is 7.64. The van der Waals surface area contributed by atoms with Crippen molar-refractivity contribution in [1.82, 2.24) is 0 Å². The topological polar surface area (TPSA) is 101 Å². The number of hydrogen-bond donors (Lipinski definition) is 3. The fourth-order valence-electron chi connectivity index (χ4n) is 0.574. The van der Waals surface area contributed by atoms with Gasteiger partial charge in [0.15, 0.2) is 0 Å². The van der Waals surface area contributed by atoms with Crippen LogP contribution in [0, 0.1) is 0 Å². The summed E-state index contributed by atoms with van der Waals surface area (Å²) in [6, 6.07) is 8.06. The van der Waals surface area contributed by atoms with Crippen LogP contribution in [0.4, 0.5) is 0 Å². The second-order valence-corrected chi connectivity index (χ2v) is 2.00. The Morgan fingerprint density at radius 1 is 1.14 bits per heavy atom. The van der Waals surface area contributed by atoms with E-state index < -0.39 is 13.3 Å². The summed E-state index contributed by atoms with van der Waals surface area (Å²) < 4.78 is 0. The molecular formula is C7H8BNaO5. The first-order valence-corrected chi connectivity index (χ1v) is 3.34. The molecule has 1 aromatic carbocycles. The van der Waals surface area contributed by atoms with E-state index in [1.165, 1.54) is 12.1 Å². The molecule has 0 saturated carbocycles. The van der Waals surface area contributed by atoms with E-state index in [9.17, 15) is 9.90 Å². The Morgan fingerprint density at radius 2 is 1.50 bits per heavy atom. The molecule has 0 fully saturated rings. The quantitative estimate of drug-likeness (QED) is 0.399. The molecule has 1 rings (SSSR count). The minimum atomic E-state index is -2.17. The predicted molar refractivity (Wildman–Crippen MR) is 43.2 cm³/mol. The predicted octanol–water partition coefficient (Wildman–Crippen LogP) is -5.00. The Morgan fingerprint density at radius 3 is 1.71 bits per heavy atom. The van der Waals surface area contributed by atoms with Gasteiger partial charge in [-0.2, -0.15) is 0 Å². The molecule has 0 heterocycles. The number of carbonyl (C=O) groups is 1. The molecule has 7 heteroatoms. The van der Waals surface area contributed by atoms with Crippen molar-refractivity contribution in [3.05, 3.63) is 35.9 Å². The van der Waals surface area contributed by atoms with Gasteiger partial charge in [-0.3, -0.25) is 0 Å². The summed E-state index contributed by atoms with van der Waals surface area (Å²) in [5.74, 6) is -1.13. The standard InChI is InChI=1S/C7H6O2.BH3O3.Na/c8-7(9)6-4-2-1-3-5-6;2-1(3)4;/h1-5H,(H,8,9);2-4H;/q;;+1/p-1. The van der Waals surface area contributed by atoms with Crippen LogP contribution in [0.3, 0.4) is 0 Å². The molecule has 0 atom stereocenters. The third-order valence-corrected chi connectivity index (χ3v) is 1.01. The monoisotopic (exact) mass is 206 g/mol. The van der Waals surface area contributed by atoms with Crippen molar-refractivity contribution in [2.45, 2.75) is 0 Å². The van der Waals surface area contributed by atoms with Crippen molar-refractivity contribution in [3.63, 3.8) is 0 Å². The number of carbonyl (C=O) groups excluding carboxylic acids is 1. The number of benzene rings is 1. The number of carboxylic acid groups (broad SMARTS) is 1. The van der Waals surface area contributed by atoms with Gasteiger partial charge in [-0.1, -0.05) is 30.3 Å². The van der Waals surface area contributed by atoms with E-state index in [-0.39, 0.29) is 35.1 Å². The van der Waals surface area contributed by atoms with Gasteiger partial charge in [-0.05, 0) is 5.56 Å². The first kappa shape index (κ1) is 16.1. The number of aromatic carboxylic acids is 1. The van der Waals surface area contributed by atoms with Crippen molar-refractivity contribution < 1.29 is 54.5 Å². The molecular weight excluding hydrogens is 198 g/mol. The zero-order valence-electron chi connectivity index (χ0n) is 7.62. The van der Waals surface area contributed by atoms with Crippen LogP contribution < -0.4 is 34.7 Å². The Hall–Kier alpha value is -0.365. The Labute approximate surface area is 103 Å². The second kappa shape index (κ2) is 9.20. The van der Waals surface area contributed by atoms with E-state index in [2.05, 4.69) is 0 Å². The van der Waals surface area contributed by atoms with Crippen molar-refractivity contribution >= 4 is 13.3 Å². The summed E-state index contributed by atoms with van der Waals surface area (Å²) in [6.07, 6.45) is 0. The molecule has 70 valence electrons. The average Bonchev–Trinajstić information content (AvgIpc) is 2.05. The summed E-state index contributed by atoms with van der Waals surface area (Å²) in [6.45, 7) is 0. The van der Waals surface area contributed by atoms with Crippen LogP contribution in [0.1, 0.15) is 10.4 Å². The zero-order valence-corrected chi connectivity index (χ0v) is 9.62. The minimum absolute atomic E-state index is 0. The largest absolute Gasteiger partial charge is 1.00 e. The molecule has 0 radical (unpaired) electrons. The molecule has 0 aliphatic rings. The van der Waals surface area contributed by atoms with Gasteiger partial charge in [-0.15, -0.1) is 0 Å². The van der Waals surface area contributed by atoms with E-state index >= 15 is 0 Å². The van der Waals surface area contributed by atoms with Crippen molar-refractivity contribution in [3.8, 4) is 0 Å². The van der Waals surface area contributed by atoms with Gasteiger partial charge in [0.25, 0.3) is 0 Å². The summed E-state index contributed by atoms with van der Waals surface area (Å²) >= 11 is 0. The minimum Gasteiger partial charge on any atom is -0.545 e. The third-order valence-electron chi connectivity index (χ3n) is 1.01. The average molecular weight is 206 g/mol. The van der Waals surface area contributed by atoms with Gasteiger partial charge >= 0.3 is 36.9 Å². The number of hydrogen-bond acceptors (Lipinski definition) is 5. The maximum atomic E-state index is 10.1. The summed E-state index contributed by atoms with van der Waals surface area (Å²) in [5, 5.41) is 31.6. The molecule has 0 unspecified atom stereocenters. The molecule has 0 aliphatic carbocycles. The van der Waals surface area contributed by atoms with E-state index in [1.54, 1.807) is 18.2 Å². The first-order chi connectivity index (χ1) is 6.04. The van der Waals surface area contributed by atoms with Gasteiger partial charge in [0.2, 0.25) is 0 Å². The summed E-state index contributed by atoms with van der Waals surface area (Å²) in [7, 11) is -2.17. The Bertz CT molecular complexity index is 251. The van der Waals surface area contributed by atoms with E-state index in [0.29, 0.717) is 0 Å². The molecule has 1 aromatic rings. The van der Waals surface area contributed by atoms with Crippen LogP contribution in [-0.2, 0) is 0 Å². The van der Waals surface area contributed by atoms with E-state index in [0.717, 1.165) is 0 Å². The molecule has 0 amide bonds. The van der Waals surface area contributed by atoms with Gasteiger partial charge in [0.1, 0.15) is 0 Å². The molecule has 0 aliphatic heterocycles. The molecule has 0 saturated heterocycles. The van der Waals surface area contributed by atoms with Crippen LogP contribution >= 0.6 is 0 Å². The molecule has 5 nitrogen and oxygen atoms in total.